The van der Waals surface area contributed by atoms with Gasteiger partial charge in [-0.1, -0.05) is 273 Å². The van der Waals surface area contributed by atoms with Gasteiger partial charge in [0.25, 0.3) is 0 Å². The first kappa shape index (κ1) is 87.8. The molecule has 0 bridgehead atoms. The number of aromatic nitrogens is 2. The molecule has 7 nitrogen and oxygen atoms in total. The first-order valence-corrected chi connectivity index (χ1v) is 45.6. The molecule has 0 amide bonds. The molecule has 21 rings (SSSR count). The highest BCUT2D eigenvalue weighted by Gasteiger charge is 2.22. The summed E-state index contributed by atoms with van der Waals surface area (Å²) < 4.78 is 4.61. The van der Waals surface area contributed by atoms with E-state index in [2.05, 4.69) is 564 Å². The molecule has 0 N–H and O–H groups in total. The monoisotopic (exact) mass is 1710 g/mol. The Hall–Kier alpha value is -16.2. The molecule has 21 aromatic rings. The highest BCUT2D eigenvalue weighted by molar-refractivity contribution is 6.09. The van der Waals surface area contributed by atoms with Crippen LogP contribution in [0.25, 0.3) is 65.9 Å². The van der Waals surface area contributed by atoms with Gasteiger partial charge in [-0.25, -0.2) is 0 Å². The van der Waals surface area contributed by atoms with E-state index < -0.39 is 0 Å². The van der Waals surface area contributed by atoms with E-state index >= 15 is 0 Å². The molecule has 0 aliphatic heterocycles. The molecular weight excluding hydrogens is 1600 g/mol. The third-order valence-electron chi connectivity index (χ3n) is 24.2. The quantitative estimate of drug-likeness (QED) is 0.0853. The second-order valence-electron chi connectivity index (χ2n) is 33.9. The lowest BCUT2D eigenvalue weighted by Gasteiger charge is -2.28. The zero-order valence-corrected chi connectivity index (χ0v) is 76.9. The lowest BCUT2D eigenvalue weighted by molar-refractivity contribution is 0.827. The molecule has 646 valence electrons. The molecule has 132 heavy (non-hydrogen) atoms. The normalized spacial score (nSPS) is 10.8. The maximum Gasteiger partial charge on any atom is 0.0491 e. The predicted molar refractivity (Wildman–Crippen MR) is 567 cm³/mol. The van der Waals surface area contributed by atoms with Crippen LogP contribution in [0.2, 0.25) is 0 Å². The minimum absolute atomic E-state index is 1.02. The van der Waals surface area contributed by atoms with E-state index in [1.165, 1.54) is 162 Å². The third-order valence-corrected chi connectivity index (χ3v) is 24.2. The lowest BCUT2D eigenvalue weighted by atomic mass is 9.98. The Kier molecular flexibility index (Phi) is 27.5. The molecule has 0 atom stereocenters. The van der Waals surface area contributed by atoms with Crippen LogP contribution in [0.15, 0.2) is 479 Å². The molecule has 2 aromatic heterocycles. The predicted octanol–water partition coefficient (Wildman–Crippen LogP) is 35.4. The standard InChI is InChI=1S/C42H40N2.C38H32N2.C18H15N.C14H13N.C13H11N/c1-29-11-7-15-37(23-29)43(38-16-8-12-30(2)24-38)41-21-19-35(27-33(41)5)36-20-22-42(34(6)28-36)44(39-17-9-13-31(3)25-39)40-18-10-14-32(4)26-40;1-29-11-9-17-37(27-29)39(33-13-5-3-6-14-33)35-23-19-31(20-24-35)32-21-25-36(26-22-32)40(34-15-7-4-8-16-34)38-18-10-12-30(2)28-38;1-4-10-16(11-5-1)19(17-12-6-2-7-13-17)18-14-8-3-9-15-18;1-2-15-13-9-5-3-7-11(13)12-8-4-6-10-14(12)15;1-14-12-8-4-2-6-10(12)11-7-3-5-9-13(11)14/h7-28H,1-6H3;3-28H,1-2H3;1-15H;3-10H,2H2,1H3;2-9H,1H3. The molecule has 19 aromatic carbocycles. The summed E-state index contributed by atoms with van der Waals surface area (Å²) in [6, 6.07) is 170. The van der Waals surface area contributed by atoms with Crippen molar-refractivity contribution in [1.29, 1.82) is 0 Å². The van der Waals surface area contributed by atoms with Crippen molar-refractivity contribution in [2.24, 2.45) is 7.05 Å². The van der Waals surface area contributed by atoms with Crippen molar-refractivity contribution < 1.29 is 0 Å². The molecule has 0 aliphatic carbocycles. The van der Waals surface area contributed by atoms with Gasteiger partial charge >= 0.3 is 0 Å². The van der Waals surface area contributed by atoms with Crippen LogP contribution >= 0.6 is 0 Å². The molecule has 0 radical (unpaired) electrons. The van der Waals surface area contributed by atoms with E-state index in [0.717, 1.165) is 40.7 Å². The number of hydrogen-bond acceptors (Lipinski definition) is 5. The van der Waals surface area contributed by atoms with E-state index in [0.29, 0.717) is 0 Å². The zero-order chi connectivity index (χ0) is 90.8. The molecule has 0 saturated heterocycles. The minimum Gasteiger partial charge on any atom is -0.344 e. The van der Waals surface area contributed by atoms with Gasteiger partial charge in [0.05, 0.1) is 0 Å². The first-order valence-electron chi connectivity index (χ1n) is 45.6. The number of fused-ring (bicyclic) bond motifs is 6. The molecule has 0 saturated carbocycles. The van der Waals surface area contributed by atoms with Gasteiger partial charge in [-0.2, -0.15) is 0 Å². The average Bonchev–Trinajstić information content (AvgIpc) is 1.58. The van der Waals surface area contributed by atoms with E-state index in [-0.39, 0.29) is 0 Å². The fourth-order valence-corrected chi connectivity index (χ4v) is 17.9. The van der Waals surface area contributed by atoms with Crippen LogP contribution in [-0.2, 0) is 13.6 Å². The zero-order valence-electron chi connectivity index (χ0n) is 76.9. The van der Waals surface area contributed by atoms with Gasteiger partial charge in [0.1, 0.15) is 0 Å². The Balaban J connectivity index is 0.000000124. The van der Waals surface area contributed by atoms with E-state index in [1.54, 1.807) is 0 Å². The number of nitrogens with zero attached hydrogens (tertiary/aromatic N) is 7. The summed E-state index contributed by atoms with van der Waals surface area (Å²) >= 11 is 0. The summed E-state index contributed by atoms with van der Waals surface area (Å²) in [4.78, 5) is 11.6. The first-order chi connectivity index (χ1) is 64.7. The Labute approximate surface area is 779 Å². The van der Waals surface area contributed by atoms with Gasteiger partial charge in [-0.05, 0) is 335 Å². The van der Waals surface area contributed by atoms with E-state index in [1.807, 2.05) is 18.2 Å². The van der Waals surface area contributed by atoms with Crippen molar-refractivity contribution in [2.45, 2.75) is 68.9 Å². The summed E-state index contributed by atoms with van der Waals surface area (Å²) in [6.07, 6.45) is 0. The van der Waals surface area contributed by atoms with Gasteiger partial charge in [0.15, 0.2) is 0 Å². The Bertz CT molecular complexity index is 6860. The van der Waals surface area contributed by atoms with E-state index in [4.69, 9.17) is 0 Å². The van der Waals surface area contributed by atoms with Gasteiger partial charge in [0, 0.05) is 143 Å². The average molecular weight is 1710 g/mol. The molecule has 0 fully saturated rings. The maximum atomic E-state index is 2.37. The number of benzene rings is 19. The lowest BCUT2D eigenvalue weighted by Crippen LogP contribution is -2.12. The fraction of sp³-hybridized carbons (Fsp3) is 0.0880. The van der Waals surface area contributed by atoms with Gasteiger partial charge in [0.2, 0.25) is 0 Å². The molecule has 0 unspecified atom stereocenters. The van der Waals surface area contributed by atoms with Gasteiger partial charge in [-0.15, -0.1) is 0 Å². The summed E-state index contributed by atoms with van der Waals surface area (Å²) in [7, 11) is 2.12. The molecule has 7 heteroatoms. The van der Waals surface area contributed by atoms with Crippen molar-refractivity contribution in [1.82, 2.24) is 9.13 Å². The second kappa shape index (κ2) is 41.3. The van der Waals surface area contributed by atoms with Crippen LogP contribution in [0, 0.1) is 55.4 Å². The van der Waals surface area contributed by atoms with E-state index in [9.17, 15) is 0 Å². The van der Waals surface area contributed by atoms with Crippen LogP contribution < -0.4 is 24.5 Å². The SMILES string of the molecule is CCn1c2ccccc2c2ccccc21.Cc1cccc(N(c2cccc(C)c2)c2ccc(-c3ccc(N(c4cccc(C)c4)c4cccc(C)c4)c(C)c3)cc2C)c1.Cc1cccc(N(c2ccccc2)c2ccc(-c3ccc(N(c4ccccc4)c4cccc(C)c4)cc3)cc2)c1.Cn1c2ccccc2c2ccccc21.c1ccc(N(c2ccccc2)c2ccccc2)cc1. The minimum atomic E-state index is 1.02. The van der Waals surface area contributed by atoms with Crippen LogP contribution in [0.4, 0.5) is 85.3 Å². The summed E-state index contributed by atoms with van der Waals surface area (Å²) in [6.45, 7) is 20.5. The van der Waals surface area contributed by atoms with Crippen molar-refractivity contribution >= 4 is 129 Å². The van der Waals surface area contributed by atoms with Gasteiger partial charge in [-0.3, -0.25) is 0 Å². The number of para-hydroxylation sites is 9. The van der Waals surface area contributed by atoms with Crippen molar-refractivity contribution in [3.63, 3.8) is 0 Å². The second-order valence-corrected chi connectivity index (χ2v) is 33.9. The summed E-state index contributed by atoms with van der Waals surface area (Å²) in [5, 5.41) is 5.39. The van der Waals surface area contributed by atoms with Crippen LogP contribution in [0.5, 0.6) is 0 Å². The van der Waals surface area contributed by atoms with Crippen LogP contribution in [0.3, 0.4) is 0 Å². The topological polar surface area (TPSA) is 26.1 Å². The van der Waals surface area contributed by atoms with Gasteiger partial charge < -0.3 is 33.6 Å². The highest BCUT2D eigenvalue weighted by atomic mass is 15.2. The maximum absolute atomic E-state index is 2.37. The smallest absolute Gasteiger partial charge is 0.0491 e. The molecule has 0 aliphatic rings. The Morgan fingerprint density at radius 1 is 0.174 bits per heavy atom. The molecule has 2 heterocycles. The summed E-state index contributed by atoms with van der Waals surface area (Å²) in [5.41, 5.74) is 37.4. The number of anilines is 15. The van der Waals surface area contributed by atoms with Crippen LogP contribution in [0.1, 0.15) is 51.4 Å². The van der Waals surface area contributed by atoms with Crippen molar-refractivity contribution in [3.05, 3.63) is 524 Å². The van der Waals surface area contributed by atoms with Crippen molar-refractivity contribution in [3.8, 4) is 22.3 Å². The number of aryl methyl sites for hydroxylation is 10. The third kappa shape index (κ3) is 20.2. The highest BCUT2D eigenvalue weighted by Crippen LogP contribution is 2.45. The summed E-state index contributed by atoms with van der Waals surface area (Å²) in [5.74, 6) is 0. The fourth-order valence-electron chi connectivity index (χ4n) is 17.9. The molecular formula is C125H111N7. The van der Waals surface area contributed by atoms with Crippen LogP contribution in [-0.4, -0.2) is 9.13 Å². The Morgan fingerprint density at radius 2 is 0.379 bits per heavy atom. The number of rotatable bonds is 18. The van der Waals surface area contributed by atoms with Crippen molar-refractivity contribution in [2.75, 3.05) is 24.5 Å². The largest absolute Gasteiger partial charge is 0.344 e. The Morgan fingerprint density at radius 3 is 0.629 bits per heavy atom. The molecule has 0 spiro atoms. The number of hydrogen-bond donors (Lipinski definition) is 0.